The van der Waals surface area contributed by atoms with E-state index in [9.17, 15) is 13.6 Å². The predicted octanol–water partition coefficient (Wildman–Crippen LogP) is 3.00. The van der Waals surface area contributed by atoms with Gasteiger partial charge in [0.15, 0.2) is 0 Å². The predicted molar refractivity (Wildman–Crippen MR) is 67.7 cm³/mol. The summed E-state index contributed by atoms with van der Waals surface area (Å²) in [4.78, 5) is 11.4. The van der Waals surface area contributed by atoms with Gasteiger partial charge in [-0.2, -0.15) is 14.0 Å². The molecule has 0 spiro atoms. The summed E-state index contributed by atoms with van der Waals surface area (Å²) in [7, 11) is 0. The Morgan fingerprint density at radius 1 is 1.50 bits per heavy atom. The molecule has 0 heterocycles. The molecule has 0 amide bonds. The number of carbonyl (C=O) groups excluding carboxylic acids is 1. The number of rotatable bonds is 6. The maximum absolute atomic E-state index is 12.3. The van der Waals surface area contributed by atoms with E-state index in [2.05, 4.69) is 4.74 Å². The van der Waals surface area contributed by atoms with Gasteiger partial charge in [-0.25, -0.2) is 0 Å². The summed E-state index contributed by atoms with van der Waals surface area (Å²) < 4.78 is 33.7. The van der Waals surface area contributed by atoms with Crippen molar-refractivity contribution in [3.8, 4) is 11.8 Å². The van der Waals surface area contributed by atoms with Crippen LogP contribution in [0.5, 0.6) is 5.75 Å². The minimum atomic E-state index is -3.06. The van der Waals surface area contributed by atoms with Gasteiger partial charge in [0.25, 0.3) is 0 Å². The van der Waals surface area contributed by atoms with Gasteiger partial charge in [0, 0.05) is 5.56 Å². The van der Waals surface area contributed by atoms with Gasteiger partial charge in [0.05, 0.1) is 24.5 Å². The second-order valence-corrected chi connectivity index (χ2v) is 4.00. The van der Waals surface area contributed by atoms with Crippen molar-refractivity contribution < 1.29 is 23.0 Å². The van der Waals surface area contributed by atoms with Crippen LogP contribution in [0, 0.1) is 11.3 Å². The van der Waals surface area contributed by atoms with Gasteiger partial charge >= 0.3 is 12.6 Å². The normalized spacial score (nSPS) is 10.2. The van der Waals surface area contributed by atoms with Crippen LogP contribution in [0.1, 0.15) is 23.6 Å². The largest absolute Gasteiger partial charge is 0.466 e. The van der Waals surface area contributed by atoms with Crippen molar-refractivity contribution in [1.29, 1.82) is 5.26 Å². The van der Waals surface area contributed by atoms with Crippen molar-refractivity contribution in [2.45, 2.75) is 25.8 Å². The highest BCUT2D eigenvalue weighted by atomic mass is 35.5. The number of hydrogen-bond donors (Lipinski definition) is 0. The van der Waals surface area contributed by atoms with Crippen molar-refractivity contribution in [1.82, 2.24) is 0 Å². The number of benzene rings is 1. The minimum absolute atomic E-state index is 0.0681. The first kappa shape index (κ1) is 16.2. The molecule has 0 fully saturated rings. The van der Waals surface area contributed by atoms with Crippen LogP contribution in [0.2, 0.25) is 0 Å². The number of esters is 1. The molecular formula is C13H12ClF2NO3. The van der Waals surface area contributed by atoms with Gasteiger partial charge in [-0.15, -0.1) is 11.6 Å². The van der Waals surface area contributed by atoms with E-state index in [1.165, 1.54) is 12.1 Å². The number of hydrogen-bond acceptors (Lipinski definition) is 4. The Kier molecular flexibility index (Phi) is 6.19. The Hall–Kier alpha value is -1.87. The second kappa shape index (κ2) is 7.65. The minimum Gasteiger partial charge on any atom is -0.466 e. The summed E-state index contributed by atoms with van der Waals surface area (Å²) in [6.45, 7) is -1.15. The highest BCUT2D eigenvalue weighted by molar-refractivity contribution is 6.17. The Balaban J connectivity index is 3.12. The quantitative estimate of drug-likeness (QED) is 0.599. The lowest BCUT2D eigenvalue weighted by molar-refractivity contribution is -0.142. The molecule has 7 heteroatoms. The zero-order valence-corrected chi connectivity index (χ0v) is 11.4. The van der Waals surface area contributed by atoms with Crippen LogP contribution in [-0.2, 0) is 21.8 Å². The zero-order valence-electron chi connectivity index (χ0n) is 10.7. The summed E-state index contributed by atoms with van der Waals surface area (Å²) in [5, 5.41) is 8.98. The molecule has 0 aliphatic heterocycles. The average molecular weight is 304 g/mol. The Morgan fingerprint density at radius 2 is 2.20 bits per heavy atom. The highest BCUT2D eigenvalue weighted by Crippen LogP contribution is 2.29. The Morgan fingerprint density at radius 3 is 2.70 bits per heavy atom. The van der Waals surface area contributed by atoms with Gasteiger partial charge in [0.1, 0.15) is 11.8 Å². The molecule has 108 valence electrons. The molecule has 20 heavy (non-hydrogen) atoms. The van der Waals surface area contributed by atoms with Crippen molar-refractivity contribution in [2.24, 2.45) is 0 Å². The fourth-order valence-corrected chi connectivity index (χ4v) is 1.84. The molecular weight excluding hydrogens is 292 g/mol. The lowest BCUT2D eigenvalue weighted by Crippen LogP contribution is -2.10. The Bertz CT molecular complexity index is 529. The van der Waals surface area contributed by atoms with Crippen molar-refractivity contribution in [3.63, 3.8) is 0 Å². The molecule has 0 aromatic heterocycles. The molecule has 1 aromatic rings. The van der Waals surface area contributed by atoms with Crippen LogP contribution >= 0.6 is 11.6 Å². The summed E-state index contributed by atoms with van der Waals surface area (Å²) in [5.41, 5.74) is 0.588. The first-order valence-electron chi connectivity index (χ1n) is 5.74. The smallest absolute Gasteiger partial charge is 0.387 e. The Labute approximate surface area is 119 Å². The SMILES string of the molecule is CCOC(=O)Cc1cc(C#N)c(OC(F)F)c(CCl)c1. The molecule has 0 atom stereocenters. The molecule has 1 rings (SSSR count). The summed E-state index contributed by atoms with van der Waals surface area (Å²) >= 11 is 5.66. The van der Waals surface area contributed by atoms with E-state index in [-0.39, 0.29) is 35.8 Å². The van der Waals surface area contributed by atoms with Crippen LogP contribution in [0.3, 0.4) is 0 Å². The van der Waals surface area contributed by atoms with Gasteiger partial charge in [0.2, 0.25) is 0 Å². The molecule has 4 nitrogen and oxygen atoms in total. The lowest BCUT2D eigenvalue weighted by atomic mass is 10.0. The number of halogens is 3. The molecule has 0 aliphatic rings. The van der Waals surface area contributed by atoms with Gasteiger partial charge < -0.3 is 9.47 Å². The summed E-state index contributed by atoms with van der Waals surface area (Å²) in [6, 6.07) is 4.51. The summed E-state index contributed by atoms with van der Waals surface area (Å²) in [6.07, 6.45) is -0.0681. The molecule has 0 unspecified atom stereocenters. The van der Waals surface area contributed by atoms with E-state index >= 15 is 0 Å². The van der Waals surface area contributed by atoms with Crippen LogP contribution < -0.4 is 4.74 Å². The highest BCUT2D eigenvalue weighted by Gasteiger charge is 2.17. The maximum Gasteiger partial charge on any atom is 0.387 e. The fraction of sp³-hybridized carbons (Fsp3) is 0.385. The standard InChI is InChI=1S/C13H12ClF2NO3/c1-2-19-11(18)5-8-3-9(6-14)12(20-13(15)16)10(4-8)7-17/h3-4,13H,2,5-6H2,1H3. The van der Waals surface area contributed by atoms with E-state index in [0.717, 1.165) is 0 Å². The maximum atomic E-state index is 12.3. The first-order valence-corrected chi connectivity index (χ1v) is 6.27. The molecule has 1 aromatic carbocycles. The lowest BCUT2D eigenvalue weighted by Gasteiger charge is -2.12. The topological polar surface area (TPSA) is 59.3 Å². The van der Waals surface area contributed by atoms with E-state index in [0.29, 0.717) is 5.56 Å². The van der Waals surface area contributed by atoms with Crippen LogP contribution in [0.15, 0.2) is 12.1 Å². The van der Waals surface area contributed by atoms with E-state index in [1.807, 2.05) is 0 Å². The van der Waals surface area contributed by atoms with Crippen molar-refractivity contribution >= 4 is 17.6 Å². The average Bonchev–Trinajstić information content (AvgIpc) is 2.39. The van der Waals surface area contributed by atoms with Crippen molar-refractivity contribution in [2.75, 3.05) is 6.61 Å². The third kappa shape index (κ3) is 4.35. The third-order valence-electron chi connectivity index (χ3n) is 2.35. The number of alkyl halides is 3. The number of carbonyl (C=O) groups is 1. The molecule has 0 saturated carbocycles. The number of ether oxygens (including phenoxy) is 2. The van der Waals surface area contributed by atoms with Crippen molar-refractivity contribution in [3.05, 3.63) is 28.8 Å². The van der Waals surface area contributed by atoms with Gasteiger partial charge in [-0.05, 0) is 18.6 Å². The molecule has 0 N–H and O–H groups in total. The first-order chi connectivity index (χ1) is 9.51. The number of nitrogens with zero attached hydrogens (tertiary/aromatic N) is 1. The van der Waals surface area contributed by atoms with E-state index in [1.54, 1.807) is 13.0 Å². The molecule has 0 saturated heterocycles. The molecule has 0 bridgehead atoms. The van der Waals surface area contributed by atoms with Crippen LogP contribution in [0.25, 0.3) is 0 Å². The van der Waals surface area contributed by atoms with E-state index in [4.69, 9.17) is 21.6 Å². The number of nitriles is 1. The van der Waals surface area contributed by atoms with Crippen LogP contribution in [-0.4, -0.2) is 19.2 Å². The molecule has 0 aliphatic carbocycles. The third-order valence-corrected chi connectivity index (χ3v) is 2.64. The zero-order chi connectivity index (χ0) is 15.1. The summed E-state index contributed by atoms with van der Waals surface area (Å²) in [5.74, 6) is -0.850. The van der Waals surface area contributed by atoms with Gasteiger partial charge in [-0.3, -0.25) is 4.79 Å². The monoisotopic (exact) mass is 303 g/mol. The van der Waals surface area contributed by atoms with Gasteiger partial charge in [-0.1, -0.05) is 6.07 Å². The molecule has 0 radical (unpaired) electrons. The van der Waals surface area contributed by atoms with Crippen LogP contribution in [0.4, 0.5) is 8.78 Å². The van der Waals surface area contributed by atoms with E-state index < -0.39 is 12.6 Å². The fourth-order valence-electron chi connectivity index (χ4n) is 1.65. The second-order valence-electron chi connectivity index (χ2n) is 3.74.